The summed E-state index contributed by atoms with van der Waals surface area (Å²) in [4.78, 5) is 42.3. The molecule has 1 fully saturated rings. The van der Waals surface area contributed by atoms with Gasteiger partial charge >= 0.3 is 6.09 Å². The third-order valence-electron chi connectivity index (χ3n) is 5.84. The van der Waals surface area contributed by atoms with Crippen molar-refractivity contribution in [2.24, 2.45) is 5.92 Å². The van der Waals surface area contributed by atoms with Crippen molar-refractivity contribution in [1.82, 2.24) is 10.3 Å². The van der Waals surface area contributed by atoms with Crippen LogP contribution in [0.15, 0.2) is 47.0 Å². The molecule has 10 heteroatoms. The Morgan fingerprint density at radius 2 is 1.75 bits per heavy atom. The van der Waals surface area contributed by atoms with Crippen molar-refractivity contribution in [3.63, 3.8) is 0 Å². The summed E-state index contributed by atoms with van der Waals surface area (Å²) >= 11 is 5.87. The SMILES string of the molecule is CC(C)(C)OC(=O)NC1CCC(C(=O)Nc2c(C(=O)Nc3ccc(Cl)cn3)oc3ccccc23)CC1. The number of anilines is 2. The molecule has 1 aromatic carbocycles. The van der Waals surface area contributed by atoms with Gasteiger partial charge in [-0.3, -0.25) is 9.59 Å². The second-order valence-corrected chi connectivity index (χ2v) is 10.2. The van der Waals surface area contributed by atoms with E-state index in [1.165, 1.54) is 6.20 Å². The molecular formula is C26H29ClN4O5. The molecule has 0 saturated heterocycles. The second kappa shape index (κ2) is 10.6. The molecule has 0 bridgehead atoms. The summed E-state index contributed by atoms with van der Waals surface area (Å²) in [5.74, 6) is -0.707. The Morgan fingerprint density at radius 3 is 2.42 bits per heavy atom. The maximum Gasteiger partial charge on any atom is 0.407 e. The summed E-state index contributed by atoms with van der Waals surface area (Å²) in [6, 6.07) is 10.3. The number of carbonyl (C=O) groups is 3. The van der Waals surface area contributed by atoms with E-state index in [9.17, 15) is 14.4 Å². The number of benzene rings is 1. The lowest BCUT2D eigenvalue weighted by Gasteiger charge is -2.29. The van der Waals surface area contributed by atoms with E-state index < -0.39 is 17.6 Å². The van der Waals surface area contributed by atoms with Gasteiger partial charge in [0.2, 0.25) is 11.7 Å². The van der Waals surface area contributed by atoms with Gasteiger partial charge in [-0.25, -0.2) is 9.78 Å². The number of halogens is 1. The molecular weight excluding hydrogens is 484 g/mol. The highest BCUT2D eigenvalue weighted by atomic mass is 35.5. The van der Waals surface area contributed by atoms with Crippen molar-refractivity contribution in [2.45, 2.75) is 58.1 Å². The Balaban J connectivity index is 1.43. The van der Waals surface area contributed by atoms with Gasteiger partial charge in [-0.1, -0.05) is 23.7 Å². The van der Waals surface area contributed by atoms with Gasteiger partial charge in [-0.05, 0) is 70.7 Å². The molecule has 2 aromatic heterocycles. The Hall–Kier alpha value is -3.59. The van der Waals surface area contributed by atoms with Gasteiger partial charge in [0, 0.05) is 23.5 Å². The predicted octanol–water partition coefficient (Wildman–Crippen LogP) is 5.76. The van der Waals surface area contributed by atoms with Crippen LogP contribution in [0, 0.1) is 5.92 Å². The zero-order valence-electron chi connectivity index (χ0n) is 20.4. The Bertz CT molecular complexity index is 1260. The van der Waals surface area contributed by atoms with E-state index in [1.54, 1.807) is 30.3 Å². The molecule has 0 spiro atoms. The van der Waals surface area contributed by atoms with Crippen LogP contribution >= 0.6 is 11.6 Å². The molecule has 190 valence electrons. The van der Waals surface area contributed by atoms with E-state index in [-0.39, 0.29) is 23.6 Å². The number of ether oxygens (including phenoxy) is 1. The number of aromatic nitrogens is 1. The molecule has 3 N–H and O–H groups in total. The van der Waals surface area contributed by atoms with Gasteiger partial charge in [0.25, 0.3) is 5.91 Å². The number of nitrogens with one attached hydrogen (secondary N) is 3. The topological polar surface area (TPSA) is 123 Å². The standard InChI is InChI=1S/C26H29ClN4O5/c1-26(2,3)36-25(34)29-17-11-8-15(9-12-17)23(32)31-21-18-6-4-5-7-19(18)35-22(21)24(33)30-20-13-10-16(27)14-28-20/h4-7,10,13-15,17H,8-9,11-12H2,1-3H3,(H,29,34)(H,31,32)(H,28,30,33). The van der Waals surface area contributed by atoms with Gasteiger partial charge in [-0.15, -0.1) is 0 Å². The lowest BCUT2D eigenvalue weighted by atomic mass is 9.85. The summed E-state index contributed by atoms with van der Waals surface area (Å²) in [5, 5.41) is 9.54. The maximum atomic E-state index is 13.2. The van der Waals surface area contributed by atoms with Crippen molar-refractivity contribution >= 4 is 52.0 Å². The second-order valence-electron chi connectivity index (χ2n) is 9.80. The van der Waals surface area contributed by atoms with E-state index in [0.717, 1.165) is 0 Å². The number of carbonyl (C=O) groups excluding carboxylic acids is 3. The number of nitrogens with zero attached hydrogens (tertiary/aromatic N) is 1. The molecule has 0 radical (unpaired) electrons. The average molecular weight is 513 g/mol. The van der Waals surface area contributed by atoms with Crippen LogP contribution in [0.1, 0.15) is 57.0 Å². The van der Waals surface area contributed by atoms with Gasteiger partial charge in [0.15, 0.2) is 0 Å². The van der Waals surface area contributed by atoms with Crippen molar-refractivity contribution in [2.75, 3.05) is 10.6 Å². The van der Waals surface area contributed by atoms with E-state index >= 15 is 0 Å². The minimum absolute atomic E-state index is 0.0124. The van der Waals surface area contributed by atoms with E-state index in [2.05, 4.69) is 20.9 Å². The Labute approximate surface area is 213 Å². The number of hydrogen-bond donors (Lipinski definition) is 3. The van der Waals surface area contributed by atoms with Crippen LogP contribution in [0.2, 0.25) is 5.02 Å². The van der Waals surface area contributed by atoms with Crippen LogP contribution < -0.4 is 16.0 Å². The number of hydrogen-bond acceptors (Lipinski definition) is 6. The number of para-hydroxylation sites is 1. The van der Waals surface area contributed by atoms with Gasteiger partial charge in [0.05, 0.1) is 5.02 Å². The highest BCUT2D eigenvalue weighted by molar-refractivity contribution is 6.30. The lowest BCUT2D eigenvalue weighted by molar-refractivity contribution is -0.120. The first-order chi connectivity index (χ1) is 17.1. The molecule has 1 aliphatic carbocycles. The highest BCUT2D eigenvalue weighted by Crippen LogP contribution is 2.33. The fraction of sp³-hybridized carbons (Fsp3) is 0.385. The molecule has 0 atom stereocenters. The quantitative estimate of drug-likeness (QED) is 0.399. The number of fused-ring (bicyclic) bond motifs is 1. The molecule has 9 nitrogen and oxygen atoms in total. The predicted molar refractivity (Wildman–Crippen MR) is 137 cm³/mol. The van der Waals surface area contributed by atoms with Crippen LogP contribution in [0.4, 0.5) is 16.3 Å². The van der Waals surface area contributed by atoms with E-state index in [0.29, 0.717) is 53.2 Å². The summed E-state index contributed by atoms with van der Waals surface area (Å²) in [5.41, 5.74) is 0.227. The molecule has 4 rings (SSSR count). The average Bonchev–Trinajstić information content (AvgIpc) is 3.18. The first-order valence-corrected chi connectivity index (χ1v) is 12.2. The number of alkyl carbamates (subject to hydrolysis) is 1. The monoisotopic (exact) mass is 512 g/mol. The van der Waals surface area contributed by atoms with Crippen molar-refractivity contribution in [3.05, 3.63) is 53.4 Å². The third-order valence-corrected chi connectivity index (χ3v) is 6.06. The minimum Gasteiger partial charge on any atom is -0.449 e. The van der Waals surface area contributed by atoms with Crippen LogP contribution in [0.25, 0.3) is 11.0 Å². The third kappa shape index (κ3) is 6.34. The van der Waals surface area contributed by atoms with Crippen LogP contribution in [0.3, 0.4) is 0 Å². The normalized spacial score (nSPS) is 17.9. The molecule has 0 unspecified atom stereocenters. The molecule has 0 aliphatic heterocycles. The zero-order chi connectivity index (χ0) is 25.9. The summed E-state index contributed by atoms with van der Waals surface area (Å²) in [7, 11) is 0. The number of rotatable bonds is 5. The Morgan fingerprint density at radius 1 is 1.03 bits per heavy atom. The highest BCUT2D eigenvalue weighted by Gasteiger charge is 2.30. The molecule has 1 aliphatic rings. The first-order valence-electron chi connectivity index (χ1n) is 11.8. The van der Waals surface area contributed by atoms with Gasteiger partial charge < -0.3 is 25.1 Å². The summed E-state index contributed by atoms with van der Waals surface area (Å²) < 4.78 is 11.1. The minimum atomic E-state index is -0.567. The molecule has 36 heavy (non-hydrogen) atoms. The van der Waals surface area contributed by atoms with Crippen LogP contribution in [-0.2, 0) is 9.53 Å². The molecule has 2 heterocycles. The summed E-state index contributed by atoms with van der Waals surface area (Å²) in [6.07, 6.45) is 3.47. The lowest BCUT2D eigenvalue weighted by Crippen LogP contribution is -2.42. The number of furan rings is 1. The number of pyridine rings is 1. The van der Waals surface area contributed by atoms with E-state index in [1.807, 2.05) is 26.8 Å². The Kier molecular flexibility index (Phi) is 7.49. The van der Waals surface area contributed by atoms with Crippen LogP contribution in [0.5, 0.6) is 0 Å². The molecule has 1 saturated carbocycles. The molecule has 3 aromatic rings. The zero-order valence-corrected chi connectivity index (χ0v) is 21.1. The number of amides is 3. The fourth-order valence-electron chi connectivity index (χ4n) is 4.15. The van der Waals surface area contributed by atoms with Gasteiger partial charge in [0.1, 0.15) is 22.7 Å². The van der Waals surface area contributed by atoms with Crippen molar-refractivity contribution in [1.29, 1.82) is 0 Å². The first kappa shape index (κ1) is 25.5. The van der Waals surface area contributed by atoms with Crippen molar-refractivity contribution < 1.29 is 23.5 Å². The maximum absolute atomic E-state index is 13.2. The van der Waals surface area contributed by atoms with Crippen LogP contribution in [-0.4, -0.2) is 34.5 Å². The van der Waals surface area contributed by atoms with Gasteiger partial charge in [-0.2, -0.15) is 0 Å². The molecule has 3 amide bonds. The largest absolute Gasteiger partial charge is 0.449 e. The summed E-state index contributed by atoms with van der Waals surface area (Å²) in [6.45, 7) is 5.44. The fourth-order valence-corrected chi connectivity index (χ4v) is 4.26. The van der Waals surface area contributed by atoms with Crippen molar-refractivity contribution in [3.8, 4) is 0 Å². The van der Waals surface area contributed by atoms with E-state index in [4.69, 9.17) is 20.8 Å². The smallest absolute Gasteiger partial charge is 0.407 e.